The second-order valence-electron chi connectivity index (χ2n) is 14.6. The molecule has 0 spiro atoms. The van der Waals surface area contributed by atoms with E-state index in [2.05, 4.69) is 67.4 Å². The van der Waals surface area contributed by atoms with Crippen molar-refractivity contribution in [3.05, 3.63) is 48.6 Å². The number of carbonyl (C=O) groups is 1. The molecule has 6 nitrogen and oxygen atoms in total. The summed E-state index contributed by atoms with van der Waals surface area (Å²) in [5, 5.41) is 8.20. The van der Waals surface area contributed by atoms with Crippen LogP contribution in [0, 0.1) is 0 Å². The molecule has 0 aromatic heterocycles. The first-order chi connectivity index (χ1) is 24.9. The predicted octanol–water partition coefficient (Wildman–Crippen LogP) is 12.2. The molecule has 0 aromatic rings. The molecule has 0 aliphatic carbocycles. The molecular weight excluding hydrogens is 631 g/mol. The fourth-order valence-electron chi connectivity index (χ4n) is 5.48. The van der Waals surface area contributed by atoms with Crippen molar-refractivity contribution in [2.24, 2.45) is 0 Å². The molecular formula is C45H87N3O3. The number of likely N-dealkylation sites (N-methyl/N-ethyl adjacent to an activating group) is 2. The Balaban J connectivity index is 0. The van der Waals surface area contributed by atoms with Crippen molar-refractivity contribution >= 4 is 6.09 Å². The Labute approximate surface area is 318 Å². The van der Waals surface area contributed by atoms with Crippen LogP contribution in [0.15, 0.2) is 48.6 Å². The van der Waals surface area contributed by atoms with Crippen molar-refractivity contribution in [3.8, 4) is 0 Å². The van der Waals surface area contributed by atoms with Gasteiger partial charge in [0, 0.05) is 26.2 Å². The number of aliphatic hydroxyl groups is 1. The number of nitrogens with zero attached hydrogens (tertiary/aromatic N) is 3. The van der Waals surface area contributed by atoms with E-state index in [0.717, 1.165) is 51.9 Å². The molecule has 300 valence electrons. The number of rotatable bonds is 35. The first-order valence-corrected chi connectivity index (χ1v) is 21.3. The van der Waals surface area contributed by atoms with E-state index in [9.17, 15) is 4.79 Å². The van der Waals surface area contributed by atoms with Crippen LogP contribution in [-0.2, 0) is 4.74 Å². The monoisotopic (exact) mass is 718 g/mol. The van der Waals surface area contributed by atoms with Crippen LogP contribution < -0.4 is 0 Å². The summed E-state index contributed by atoms with van der Waals surface area (Å²) in [6.07, 6.45) is 48.3. The van der Waals surface area contributed by atoms with Gasteiger partial charge in [-0.15, -0.1) is 0 Å². The molecule has 0 aromatic carbocycles. The predicted molar refractivity (Wildman–Crippen MR) is 226 cm³/mol. The highest BCUT2D eigenvalue weighted by atomic mass is 16.6. The minimum atomic E-state index is -0.123. The van der Waals surface area contributed by atoms with Gasteiger partial charge in [0.15, 0.2) is 0 Å². The van der Waals surface area contributed by atoms with Gasteiger partial charge in [0.1, 0.15) is 6.61 Å². The zero-order valence-electron chi connectivity index (χ0n) is 34.9. The highest BCUT2D eigenvalue weighted by molar-refractivity contribution is 5.67. The van der Waals surface area contributed by atoms with Gasteiger partial charge in [-0.05, 0) is 105 Å². The zero-order chi connectivity index (χ0) is 37.9. The summed E-state index contributed by atoms with van der Waals surface area (Å²) in [7, 11) is 7.88. The number of hydrogen-bond donors (Lipinski definition) is 1. The van der Waals surface area contributed by atoms with Crippen LogP contribution in [0.1, 0.15) is 168 Å². The number of ether oxygens (including phenoxy) is 1. The van der Waals surface area contributed by atoms with E-state index in [1.807, 2.05) is 38.0 Å². The summed E-state index contributed by atoms with van der Waals surface area (Å²) >= 11 is 0. The molecule has 0 unspecified atom stereocenters. The van der Waals surface area contributed by atoms with Crippen LogP contribution in [0.5, 0.6) is 0 Å². The molecule has 0 saturated carbocycles. The average molecular weight is 718 g/mol. The number of amides is 1. The first-order valence-electron chi connectivity index (χ1n) is 21.3. The maximum absolute atomic E-state index is 12.8. The van der Waals surface area contributed by atoms with Crippen molar-refractivity contribution in [2.75, 3.05) is 67.6 Å². The van der Waals surface area contributed by atoms with Gasteiger partial charge in [0.2, 0.25) is 0 Å². The second-order valence-corrected chi connectivity index (χ2v) is 14.6. The topological polar surface area (TPSA) is 56.2 Å². The molecule has 0 heterocycles. The van der Waals surface area contributed by atoms with Crippen molar-refractivity contribution in [1.82, 2.24) is 14.7 Å². The van der Waals surface area contributed by atoms with Crippen LogP contribution in [-0.4, -0.2) is 93.5 Å². The lowest BCUT2D eigenvalue weighted by Crippen LogP contribution is -2.35. The first kappa shape index (κ1) is 51.2. The molecule has 0 bridgehead atoms. The van der Waals surface area contributed by atoms with Gasteiger partial charge in [-0.25, -0.2) is 4.79 Å². The third-order valence-electron chi connectivity index (χ3n) is 8.83. The van der Waals surface area contributed by atoms with Crippen LogP contribution in [0.4, 0.5) is 4.79 Å². The number of unbranched alkanes of at least 4 members (excludes halogenated alkanes) is 18. The SMILES string of the molecule is CCCCC/C=C\C/C=C\CCCCCCCCN(CCCCCCCC/C=C\C/C=C\CCCCC)C(=O)OCCN(C)C.CN(C)CCO. The van der Waals surface area contributed by atoms with Gasteiger partial charge < -0.3 is 24.5 Å². The Morgan fingerprint density at radius 1 is 0.471 bits per heavy atom. The van der Waals surface area contributed by atoms with E-state index < -0.39 is 0 Å². The smallest absolute Gasteiger partial charge is 0.409 e. The largest absolute Gasteiger partial charge is 0.448 e. The van der Waals surface area contributed by atoms with Crippen molar-refractivity contribution < 1.29 is 14.6 Å². The Hall–Kier alpha value is -1.89. The average Bonchev–Trinajstić information content (AvgIpc) is 3.10. The molecule has 0 radical (unpaired) electrons. The fraction of sp³-hybridized carbons (Fsp3) is 0.800. The molecule has 1 amide bonds. The summed E-state index contributed by atoms with van der Waals surface area (Å²) in [6.45, 7) is 8.44. The molecule has 0 rings (SSSR count). The van der Waals surface area contributed by atoms with Crippen molar-refractivity contribution in [1.29, 1.82) is 0 Å². The molecule has 51 heavy (non-hydrogen) atoms. The lowest BCUT2D eigenvalue weighted by atomic mass is 10.1. The fourth-order valence-corrected chi connectivity index (χ4v) is 5.48. The van der Waals surface area contributed by atoms with Gasteiger partial charge in [-0.1, -0.05) is 140 Å². The highest BCUT2D eigenvalue weighted by Crippen LogP contribution is 2.12. The van der Waals surface area contributed by atoms with Crippen LogP contribution in [0.3, 0.4) is 0 Å². The molecule has 0 aliphatic rings. The molecule has 0 atom stereocenters. The Morgan fingerprint density at radius 3 is 1.16 bits per heavy atom. The Morgan fingerprint density at radius 2 is 0.824 bits per heavy atom. The van der Waals surface area contributed by atoms with Crippen molar-refractivity contribution in [3.63, 3.8) is 0 Å². The Kier molecular flexibility index (Phi) is 44.5. The van der Waals surface area contributed by atoms with E-state index in [4.69, 9.17) is 9.84 Å². The van der Waals surface area contributed by atoms with Crippen LogP contribution in [0.25, 0.3) is 0 Å². The molecule has 0 fully saturated rings. The van der Waals surface area contributed by atoms with E-state index in [1.54, 1.807) is 0 Å². The zero-order valence-corrected chi connectivity index (χ0v) is 34.9. The lowest BCUT2D eigenvalue weighted by molar-refractivity contribution is 0.0945. The molecule has 0 aliphatic heterocycles. The highest BCUT2D eigenvalue weighted by Gasteiger charge is 2.14. The lowest BCUT2D eigenvalue weighted by Gasteiger charge is -2.23. The molecule has 1 N–H and O–H groups in total. The van der Waals surface area contributed by atoms with E-state index in [-0.39, 0.29) is 12.7 Å². The van der Waals surface area contributed by atoms with Crippen molar-refractivity contribution in [2.45, 2.75) is 168 Å². The quantitative estimate of drug-likeness (QED) is 0.0522. The number of hydrogen-bond acceptors (Lipinski definition) is 5. The summed E-state index contributed by atoms with van der Waals surface area (Å²) in [6, 6.07) is 0. The minimum Gasteiger partial charge on any atom is -0.448 e. The van der Waals surface area contributed by atoms with Gasteiger partial charge in [-0.2, -0.15) is 0 Å². The second kappa shape index (κ2) is 44.3. The number of carbonyl (C=O) groups excluding carboxylic acids is 1. The number of allylic oxidation sites excluding steroid dienone is 8. The third-order valence-corrected chi connectivity index (χ3v) is 8.83. The maximum Gasteiger partial charge on any atom is 0.409 e. The van der Waals surface area contributed by atoms with Gasteiger partial charge in [-0.3, -0.25) is 0 Å². The van der Waals surface area contributed by atoms with Gasteiger partial charge in [0.05, 0.1) is 6.61 Å². The minimum absolute atomic E-state index is 0.123. The Bertz CT molecular complexity index is 759. The van der Waals surface area contributed by atoms with Crippen LogP contribution >= 0.6 is 0 Å². The van der Waals surface area contributed by atoms with E-state index in [0.29, 0.717) is 6.61 Å². The summed E-state index contributed by atoms with van der Waals surface area (Å²) in [4.78, 5) is 18.7. The summed E-state index contributed by atoms with van der Waals surface area (Å²) < 4.78 is 5.60. The van der Waals surface area contributed by atoms with Crippen LogP contribution in [0.2, 0.25) is 0 Å². The van der Waals surface area contributed by atoms with Gasteiger partial charge >= 0.3 is 6.09 Å². The standard InChI is InChI=1S/C41H76N2O2.C4H11NO/c1-5-7-9-11-13-15-17-19-21-23-25-27-29-31-33-35-37-43(41(44)45-40-39-42(3)4)38-36-34-32-30-28-26-24-22-20-18-16-14-12-10-8-6-2;1-5(2)3-4-6/h13-16,19-22H,5-12,17-18,23-40H2,1-4H3;6H,3-4H2,1-2H3/b15-13-,16-14-,21-19-,22-20-;. The molecule has 0 saturated heterocycles. The van der Waals surface area contributed by atoms with E-state index in [1.165, 1.54) is 128 Å². The van der Waals surface area contributed by atoms with Gasteiger partial charge in [0.25, 0.3) is 0 Å². The third kappa shape index (κ3) is 46.1. The molecule has 6 heteroatoms. The number of aliphatic hydroxyl groups excluding tert-OH is 1. The van der Waals surface area contributed by atoms with E-state index >= 15 is 0 Å². The summed E-state index contributed by atoms with van der Waals surface area (Å²) in [5.41, 5.74) is 0. The summed E-state index contributed by atoms with van der Waals surface area (Å²) in [5.74, 6) is 0. The maximum atomic E-state index is 12.8. The normalized spacial score (nSPS) is 11.9.